The fraction of sp³-hybridized carbons (Fsp3) is 0.190. The minimum Gasteiger partial charge on any atom is -0.496 e. The summed E-state index contributed by atoms with van der Waals surface area (Å²) in [5.74, 6) is -2.12. The van der Waals surface area contributed by atoms with Gasteiger partial charge in [0.25, 0.3) is 5.91 Å². The van der Waals surface area contributed by atoms with E-state index in [1.54, 1.807) is 7.11 Å². The molecular formula is C21H19F2N3O3S. The van der Waals surface area contributed by atoms with Crippen LogP contribution in [0.3, 0.4) is 0 Å². The van der Waals surface area contributed by atoms with E-state index in [1.165, 1.54) is 11.3 Å². The standard InChI is InChI=1S/C21H19F2N3O3S/c1-12-3-6-18(29-2)15(9-12)17-11-30-21(25-17)26-19(27)7-8-24-20(28)14-5-4-13(22)10-16(14)23/h3-6,9-11H,7-8H2,1-2H3,(H,24,28)(H,25,26,27). The molecule has 0 spiro atoms. The highest BCUT2D eigenvalue weighted by Crippen LogP contribution is 2.32. The highest BCUT2D eigenvalue weighted by atomic mass is 32.1. The first-order chi connectivity index (χ1) is 14.4. The molecule has 9 heteroatoms. The lowest BCUT2D eigenvalue weighted by Gasteiger charge is -2.07. The van der Waals surface area contributed by atoms with E-state index in [-0.39, 0.29) is 24.4 Å². The van der Waals surface area contributed by atoms with Gasteiger partial charge in [0.2, 0.25) is 5.91 Å². The summed E-state index contributed by atoms with van der Waals surface area (Å²) >= 11 is 1.27. The average Bonchev–Trinajstić information content (AvgIpc) is 3.16. The van der Waals surface area contributed by atoms with Crippen LogP contribution in [0.2, 0.25) is 0 Å². The normalized spacial score (nSPS) is 10.5. The van der Waals surface area contributed by atoms with E-state index >= 15 is 0 Å². The molecule has 0 bridgehead atoms. The van der Waals surface area contributed by atoms with Crippen molar-refractivity contribution in [3.63, 3.8) is 0 Å². The third-order valence-corrected chi connectivity index (χ3v) is 4.95. The van der Waals surface area contributed by atoms with Crippen molar-refractivity contribution >= 4 is 28.3 Å². The van der Waals surface area contributed by atoms with Gasteiger partial charge in [-0.15, -0.1) is 11.3 Å². The van der Waals surface area contributed by atoms with Crippen LogP contribution in [0.4, 0.5) is 13.9 Å². The molecule has 3 rings (SSSR count). The number of aromatic nitrogens is 1. The quantitative estimate of drug-likeness (QED) is 0.589. The SMILES string of the molecule is COc1ccc(C)cc1-c1csc(NC(=O)CCNC(=O)c2ccc(F)cc2F)n1. The van der Waals surface area contributed by atoms with Crippen molar-refractivity contribution in [2.24, 2.45) is 0 Å². The molecule has 0 fully saturated rings. The van der Waals surface area contributed by atoms with E-state index in [2.05, 4.69) is 15.6 Å². The number of hydrogen-bond acceptors (Lipinski definition) is 5. The maximum atomic E-state index is 13.6. The Labute approximate surface area is 175 Å². The Hall–Kier alpha value is -3.33. The third kappa shape index (κ3) is 5.18. The van der Waals surface area contributed by atoms with E-state index in [9.17, 15) is 18.4 Å². The van der Waals surface area contributed by atoms with E-state index in [1.807, 2.05) is 30.5 Å². The number of halogens is 2. The minimum absolute atomic E-state index is 0.00851. The van der Waals surface area contributed by atoms with Gasteiger partial charge in [-0.2, -0.15) is 0 Å². The Morgan fingerprint density at radius 1 is 1.17 bits per heavy atom. The Morgan fingerprint density at radius 3 is 2.70 bits per heavy atom. The van der Waals surface area contributed by atoms with Crippen LogP contribution in [-0.4, -0.2) is 30.5 Å². The van der Waals surface area contributed by atoms with Crippen LogP contribution in [0.15, 0.2) is 41.8 Å². The molecule has 0 saturated carbocycles. The van der Waals surface area contributed by atoms with Crippen LogP contribution < -0.4 is 15.4 Å². The smallest absolute Gasteiger partial charge is 0.254 e. The fourth-order valence-electron chi connectivity index (χ4n) is 2.72. The van der Waals surface area contributed by atoms with Crippen LogP contribution in [0.25, 0.3) is 11.3 Å². The zero-order chi connectivity index (χ0) is 21.7. The molecule has 156 valence electrons. The second-order valence-corrected chi connectivity index (χ2v) is 7.28. The molecule has 0 radical (unpaired) electrons. The number of nitrogens with one attached hydrogen (secondary N) is 2. The maximum Gasteiger partial charge on any atom is 0.254 e. The number of ether oxygens (including phenoxy) is 1. The fourth-order valence-corrected chi connectivity index (χ4v) is 3.44. The molecule has 30 heavy (non-hydrogen) atoms. The topological polar surface area (TPSA) is 80.3 Å². The van der Waals surface area contributed by atoms with Gasteiger partial charge < -0.3 is 15.4 Å². The molecule has 3 aromatic rings. The molecule has 0 saturated heterocycles. The van der Waals surface area contributed by atoms with Gasteiger partial charge in [-0.1, -0.05) is 11.6 Å². The van der Waals surface area contributed by atoms with E-state index in [0.29, 0.717) is 22.6 Å². The van der Waals surface area contributed by atoms with Crippen molar-refractivity contribution in [3.8, 4) is 17.0 Å². The number of benzene rings is 2. The summed E-state index contributed by atoms with van der Waals surface area (Å²) in [5, 5.41) is 7.32. The van der Waals surface area contributed by atoms with Crippen molar-refractivity contribution in [1.82, 2.24) is 10.3 Å². The number of carbonyl (C=O) groups is 2. The summed E-state index contributed by atoms with van der Waals surface area (Å²) in [6.07, 6.45) is -0.0305. The van der Waals surface area contributed by atoms with Gasteiger partial charge in [0.05, 0.1) is 18.4 Å². The number of aryl methyl sites for hydroxylation is 1. The molecule has 2 aromatic carbocycles. The number of amides is 2. The first-order valence-corrected chi connectivity index (χ1v) is 9.89. The molecule has 1 aromatic heterocycles. The summed E-state index contributed by atoms with van der Waals surface area (Å²) in [5.41, 5.74) is 2.27. The van der Waals surface area contributed by atoms with Crippen LogP contribution in [-0.2, 0) is 4.79 Å². The number of methoxy groups -OCH3 is 1. The van der Waals surface area contributed by atoms with E-state index in [4.69, 9.17) is 4.74 Å². The van der Waals surface area contributed by atoms with E-state index < -0.39 is 17.5 Å². The molecule has 0 aliphatic heterocycles. The van der Waals surface area contributed by atoms with Gasteiger partial charge in [-0.25, -0.2) is 13.8 Å². The predicted molar refractivity (Wildman–Crippen MR) is 111 cm³/mol. The molecule has 2 N–H and O–H groups in total. The molecule has 1 heterocycles. The van der Waals surface area contributed by atoms with Crippen LogP contribution in [0.1, 0.15) is 22.3 Å². The lowest BCUT2D eigenvalue weighted by Crippen LogP contribution is -2.28. The van der Waals surface area contributed by atoms with Crippen molar-refractivity contribution < 1.29 is 23.1 Å². The van der Waals surface area contributed by atoms with Gasteiger partial charge in [0.1, 0.15) is 17.4 Å². The Bertz CT molecular complexity index is 1090. The lowest BCUT2D eigenvalue weighted by molar-refractivity contribution is -0.116. The predicted octanol–water partition coefficient (Wildman–Crippen LogP) is 4.16. The Kier molecular flexibility index (Phi) is 6.73. The van der Waals surface area contributed by atoms with Crippen molar-refractivity contribution in [3.05, 3.63) is 64.5 Å². The zero-order valence-corrected chi connectivity index (χ0v) is 17.1. The largest absolute Gasteiger partial charge is 0.496 e. The molecule has 2 amide bonds. The summed E-state index contributed by atoms with van der Waals surface area (Å²) < 4.78 is 31.9. The summed E-state index contributed by atoms with van der Waals surface area (Å²) in [6, 6.07) is 8.41. The Morgan fingerprint density at radius 2 is 1.97 bits per heavy atom. The molecule has 6 nitrogen and oxygen atoms in total. The van der Waals surface area contributed by atoms with Gasteiger partial charge in [-0.3, -0.25) is 9.59 Å². The number of carbonyl (C=O) groups excluding carboxylic acids is 2. The van der Waals surface area contributed by atoms with Gasteiger partial charge in [0, 0.05) is 30.0 Å². The molecule has 0 aliphatic rings. The molecule has 0 atom stereocenters. The number of hydrogen-bond donors (Lipinski definition) is 2. The average molecular weight is 431 g/mol. The van der Waals surface area contributed by atoms with Crippen molar-refractivity contribution in [2.75, 3.05) is 19.0 Å². The van der Waals surface area contributed by atoms with Crippen LogP contribution in [0.5, 0.6) is 5.75 Å². The second kappa shape index (κ2) is 9.45. The van der Waals surface area contributed by atoms with Crippen LogP contribution >= 0.6 is 11.3 Å². The maximum absolute atomic E-state index is 13.6. The molecule has 0 unspecified atom stereocenters. The highest BCUT2D eigenvalue weighted by Gasteiger charge is 2.14. The number of thiazole rings is 1. The van der Waals surface area contributed by atoms with Crippen molar-refractivity contribution in [2.45, 2.75) is 13.3 Å². The number of anilines is 1. The second-order valence-electron chi connectivity index (χ2n) is 6.42. The lowest BCUT2D eigenvalue weighted by atomic mass is 10.1. The molecular weight excluding hydrogens is 412 g/mol. The monoisotopic (exact) mass is 431 g/mol. The summed E-state index contributed by atoms with van der Waals surface area (Å²) in [7, 11) is 1.58. The number of nitrogens with zero attached hydrogens (tertiary/aromatic N) is 1. The summed E-state index contributed by atoms with van der Waals surface area (Å²) in [6.45, 7) is 1.95. The van der Waals surface area contributed by atoms with Gasteiger partial charge in [-0.05, 0) is 31.2 Å². The first-order valence-electron chi connectivity index (χ1n) is 9.01. The van der Waals surface area contributed by atoms with E-state index in [0.717, 1.165) is 23.3 Å². The van der Waals surface area contributed by atoms with Crippen molar-refractivity contribution in [1.29, 1.82) is 0 Å². The Balaban J connectivity index is 1.55. The summed E-state index contributed by atoms with van der Waals surface area (Å²) in [4.78, 5) is 28.5. The zero-order valence-electron chi connectivity index (χ0n) is 16.3. The third-order valence-electron chi connectivity index (χ3n) is 4.19. The van der Waals surface area contributed by atoms with Crippen LogP contribution in [0, 0.1) is 18.6 Å². The van der Waals surface area contributed by atoms with Gasteiger partial charge >= 0.3 is 0 Å². The minimum atomic E-state index is -0.959. The first kappa shape index (κ1) is 21.4. The van der Waals surface area contributed by atoms with Gasteiger partial charge in [0.15, 0.2) is 5.13 Å². The highest BCUT2D eigenvalue weighted by molar-refractivity contribution is 7.14. The number of rotatable bonds is 7. The molecule has 0 aliphatic carbocycles.